The molecule has 2 aromatic heterocycles. The minimum absolute atomic E-state index is 0.0680. The number of alkyl halides is 3. The van der Waals surface area contributed by atoms with Crippen LogP contribution in [0.4, 0.5) is 19.0 Å². The minimum atomic E-state index is -4.40. The van der Waals surface area contributed by atoms with Gasteiger partial charge in [0, 0.05) is 11.8 Å². The monoisotopic (exact) mass is 305 g/mol. The maximum atomic E-state index is 12.6. The molecule has 3 rings (SSSR count). The molecule has 0 aliphatic rings. The zero-order valence-corrected chi connectivity index (χ0v) is 11.4. The predicted octanol–water partition coefficient (Wildman–Crippen LogP) is 4.73. The van der Waals surface area contributed by atoms with Crippen LogP contribution in [0.15, 0.2) is 47.8 Å². The standard InChI is InChI=1S/C15H10F3N3O/c1-9-2-7-12-19-13(14(20-22)21(12)8-9)10-3-5-11(6-4-10)15(16,17)18/h2-8H,1H3. The lowest BCUT2D eigenvalue weighted by Gasteiger charge is -2.06. The van der Waals surface area contributed by atoms with Crippen molar-refractivity contribution in [1.29, 1.82) is 0 Å². The highest BCUT2D eigenvalue weighted by Gasteiger charge is 2.30. The number of benzene rings is 1. The lowest BCUT2D eigenvalue weighted by molar-refractivity contribution is -0.137. The van der Waals surface area contributed by atoms with Crippen LogP contribution in [-0.2, 0) is 6.18 Å². The van der Waals surface area contributed by atoms with Crippen molar-refractivity contribution in [1.82, 2.24) is 9.38 Å². The molecule has 0 atom stereocenters. The first-order valence-corrected chi connectivity index (χ1v) is 6.40. The van der Waals surface area contributed by atoms with Gasteiger partial charge < -0.3 is 0 Å². The molecule has 2 heterocycles. The third-order valence-corrected chi connectivity index (χ3v) is 3.31. The average Bonchev–Trinajstić information content (AvgIpc) is 2.84. The van der Waals surface area contributed by atoms with Crippen molar-refractivity contribution in [3.63, 3.8) is 0 Å². The smallest absolute Gasteiger partial charge is 0.281 e. The molecule has 0 spiro atoms. The van der Waals surface area contributed by atoms with E-state index in [-0.39, 0.29) is 11.5 Å². The Morgan fingerprint density at radius 1 is 1.09 bits per heavy atom. The molecular weight excluding hydrogens is 295 g/mol. The van der Waals surface area contributed by atoms with Gasteiger partial charge in [0.2, 0.25) is 5.82 Å². The number of nitrogens with zero attached hydrogens (tertiary/aromatic N) is 3. The van der Waals surface area contributed by atoms with Gasteiger partial charge in [-0.15, -0.1) is 4.91 Å². The Hall–Kier alpha value is -2.70. The second-order valence-electron chi connectivity index (χ2n) is 4.89. The van der Waals surface area contributed by atoms with E-state index < -0.39 is 11.7 Å². The Bertz CT molecular complexity index is 851. The maximum Gasteiger partial charge on any atom is 0.416 e. The van der Waals surface area contributed by atoms with Gasteiger partial charge in [-0.05, 0) is 35.9 Å². The second-order valence-corrected chi connectivity index (χ2v) is 4.89. The van der Waals surface area contributed by atoms with Crippen LogP contribution in [0, 0.1) is 11.8 Å². The highest BCUT2D eigenvalue weighted by molar-refractivity contribution is 5.74. The minimum Gasteiger partial charge on any atom is -0.281 e. The third kappa shape index (κ3) is 2.34. The zero-order chi connectivity index (χ0) is 15.9. The molecule has 22 heavy (non-hydrogen) atoms. The van der Waals surface area contributed by atoms with Gasteiger partial charge in [0.15, 0.2) is 0 Å². The molecule has 0 saturated carbocycles. The second kappa shape index (κ2) is 4.94. The first kappa shape index (κ1) is 14.2. The van der Waals surface area contributed by atoms with E-state index >= 15 is 0 Å². The van der Waals surface area contributed by atoms with Crippen LogP contribution in [0.5, 0.6) is 0 Å². The van der Waals surface area contributed by atoms with Gasteiger partial charge in [0.1, 0.15) is 11.3 Å². The number of fused-ring (bicyclic) bond motifs is 1. The molecule has 3 aromatic rings. The van der Waals surface area contributed by atoms with Crippen molar-refractivity contribution in [2.45, 2.75) is 13.1 Å². The van der Waals surface area contributed by atoms with E-state index in [1.807, 2.05) is 13.0 Å². The summed E-state index contributed by atoms with van der Waals surface area (Å²) in [6, 6.07) is 8.03. The van der Waals surface area contributed by atoms with Crippen LogP contribution in [-0.4, -0.2) is 9.38 Å². The first-order valence-electron chi connectivity index (χ1n) is 6.40. The number of halogens is 3. The fourth-order valence-corrected chi connectivity index (χ4v) is 2.24. The van der Waals surface area contributed by atoms with Gasteiger partial charge in [0.25, 0.3) is 0 Å². The quantitative estimate of drug-likeness (QED) is 0.643. The third-order valence-electron chi connectivity index (χ3n) is 3.31. The topological polar surface area (TPSA) is 46.7 Å². The molecule has 0 aliphatic heterocycles. The molecule has 0 amide bonds. The number of imidazole rings is 1. The molecule has 1 aromatic carbocycles. The summed E-state index contributed by atoms with van der Waals surface area (Å²) in [6.45, 7) is 1.85. The maximum absolute atomic E-state index is 12.6. The van der Waals surface area contributed by atoms with Crippen LogP contribution in [0.1, 0.15) is 11.1 Å². The Labute approximate surface area is 123 Å². The summed E-state index contributed by atoms with van der Waals surface area (Å²) in [7, 11) is 0. The van der Waals surface area contributed by atoms with Gasteiger partial charge in [-0.2, -0.15) is 13.2 Å². The van der Waals surface area contributed by atoms with Crippen LogP contribution >= 0.6 is 0 Å². The van der Waals surface area contributed by atoms with Gasteiger partial charge in [0.05, 0.1) is 5.56 Å². The number of rotatable bonds is 2. The SMILES string of the molecule is Cc1ccc2nc(-c3ccc(C(F)(F)F)cc3)c(N=O)n2c1. The number of hydrogen-bond donors (Lipinski definition) is 0. The van der Waals surface area contributed by atoms with Gasteiger partial charge in [-0.3, -0.25) is 4.40 Å². The highest BCUT2D eigenvalue weighted by atomic mass is 19.4. The highest BCUT2D eigenvalue weighted by Crippen LogP contribution is 2.34. The van der Waals surface area contributed by atoms with E-state index in [4.69, 9.17) is 0 Å². The number of pyridine rings is 1. The Morgan fingerprint density at radius 3 is 2.36 bits per heavy atom. The molecule has 0 bridgehead atoms. The molecule has 0 radical (unpaired) electrons. The molecule has 112 valence electrons. The largest absolute Gasteiger partial charge is 0.416 e. The van der Waals surface area contributed by atoms with E-state index in [1.54, 1.807) is 12.3 Å². The first-order chi connectivity index (χ1) is 10.4. The summed E-state index contributed by atoms with van der Waals surface area (Å²) in [5.41, 5.74) is 1.33. The van der Waals surface area contributed by atoms with Crippen molar-refractivity contribution in [3.8, 4) is 11.3 Å². The molecule has 7 heteroatoms. The molecular formula is C15H10F3N3O. The van der Waals surface area contributed by atoms with E-state index in [0.717, 1.165) is 17.7 Å². The van der Waals surface area contributed by atoms with Crippen molar-refractivity contribution in [3.05, 3.63) is 58.6 Å². The molecule has 0 fully saturated rings. The van der Waals surface area contributed by atoms with E-state index in [1.165, 1.54) is 16.5 Å². The van der Waals surface area contributed by atoms with Crippen LogP contribution < -0.4 is 0 Å². The average molecular weight is 305 g/mol. The van der Waals surface area contributed by atoms with Crippen LogP contribution in [0.3, 0.4) is 0 Å². The Balaban J connectivity index is 2.15. The van der Waals surface area contributed by atoms with Crippen LogP contribution in [0.2, 0.25) is 0 Å². The van der Waals surface area contributed by atoms with Gasteiger partial charge in [-0.1, -0.05) is 18.2 Å². The summed E-state index contributed by atoms with van der Waals surface area (Å²) in [4.78, 5) is 15.4. The van der Waals surface area contributed by atoms with Gasteiger partial charge >= 0.3 is 6.18 Å². The normalized spacial score (nSPS) is 11.8. The van der Waals surface area contributed by atoms with Crippen molar-refractivity contribution in [2.75, 3.05) is 0 Å². The van der Waals surface area contributed by atoms with Crippen LogP contribution in [0.25, 0.3) is 16.9 Å². The van der Waals surface area contributed by atoms with E-state index in [0.29, 0.717) is 11.2 Å². The van der Waals surface area contributed by atoms with E-state index in [9.17, 15) is 18.1 Å². The summed E-state index contributed by atoms with van der Waals surface area (Å²) in [6.07, 6.45) is -2.70. The van der Waals surface area contributed by atoms with E-state index in [2.05, 4.69) is 10.2 Å². The number of aryl methyl sites for hydroxylation is 1. The summed E-state index contributed by atoms with van der Waals surface area (Å²) < 4.78 is 39.3. The van der Waals surface area contributed by atoms with Gasteiger partial charge in [-0.25, -0.2) is 4.98 Å². The molecule has 0 N–H and O–H groups in total. The lowest BCUT2D eigenvalue weighted by Crippen LogP contribution is -2.03. The number of aromatic nitrogens is 2. The Morgan fingerprint density at radius 2 is 1.77 bits per heavy atom. The molecule has 0 saturated heterocycles. The van der Waals surface area contributed by atoms with Crippen molar-refractivity contribution >= 4 is 11.5 Å². The summed E-state index contributed by atoms with van der Waals surface area (Å²) in [5.74, 6) is 0.0680. The summed E-state index contributed by atoms with van der Waals surface area (Å²) >= 11 is 0. The van der Waals surface area contributed by atoms with Crippen molar-refractivity contribution in [2.24, 2.45) is 5.18 Å². The lowest BCUT2D eigenvalue weighted by atomic mass is 10.1. The zero-order valence-electron chi connectivity index (χ0n) is 11.4. The fraction of sp³-hybridized carbons (Fsp3) is 0.133. The molecule has 4 nitrogen and oxygen atoms in total. The predicted molar refractivity (Wildman–Crippen MR) is 75.8 cm³/mol. The number of nitroso groups, excluding NO2 is 1. The molecule has 0 aliphatic carbocycles. The van der Waals surface area contributed by atoms with Crippen molar-refractivity contribution < 1.29 is 13.2 Å². The number of hydrogen-bond acceptors (Lipinski definition) is 3. The summed E-state index contributed by atoms with van der Waals surface area (Å²) in [5, 5.41) is 2.98. The molecule has 0 unspecified atom stereocenters. The Kier molecular flexibility index (Phi) is 3.20. The fourth-order valence-electron chi connectivity index (χ4n) is 2.24.